The fourth-order valence-corrected chi connectivity index (χ4v) is 4.58. The molecule has 1 aromatic rings. The fourth-order valence-electron chi connectivity index (χ4n) is 2.39. The Balaban J connectivity index is 1.78. The van der Waals surface area contributed by atoms with E-state index in [0.29, 0.717) is 12.2 Å². The molecule has 2 atom stereocenters. The molecule has 0 bridgehead atoms. The monoisotopic (exact) mass is 379 g/mol. The first-order valence-corrected chi connectivity index (χ1v) is 12.6. The summed E-state index contributed by atoms with van der Waals surface area (Å²) in [5.41, 5.74) is 0.675. The Morgan fingerprint density at radius 1 is 1.24 bits per heavy atom. The van der Waals surface area contributed by atoms with E-state index in [0.717, 1.165) is 12.8 Å². The van der Waals surface area contributed by atoms with E-state index in [1.54, 1.807) is 12.1 Å². The Morgan fingerprint density at radius 3 is 2.44 bits per heavy atom. The molecule has 4 nitrogen and oxygen atoms in total. The summed E-state index contributed by atoms with van der Waals surface area (Å²) in [6, 6.07) is 9.19. The van der Waals surface area contributed by atoms with Gasteiger partial charge in [-0.3, -0.25) is 9.59 Å². The standard InChI is InChI=1S/C19H29NO3SSi/c1-19(2,3)25(4,5)23-13-9-12-15-16(21)20-17(15)24-18(22)14-10-7-6-8-11-14/h6-8,10-11,15,17H,9,12-13H2,1-5H3,(H,20,21)/t15-,17-/m1/s1. The number of hydrogen-bond acceptors (Lipinski definition) is 4. The van der Waals surface area contributed by atoms with Gasteiger partial charge in [-0.15, -0.1) is 0 Å². The van der Waals surface area contributed by atoms with E-state index >= 15 is 0 Å². The summed E-state index contributed by atoms with van der Waals surface area (Å²) in [4.78, 5) is 24.1. The maximum atomic E-state index is 12.3. The minimum atomic E-state index is -1.73. The smallest absolute Gasteiger partial charge is 0.226 e. The van der Waals surface area contributed by atoms with E-state index < -0.39 is 8.32 Å². The lowest BCUT2D eigenvalue weighted by Gasteiger charge is -2.37. The molecule has 0 aliphatic carbocycles. The van der Waals surface area contributed by atoms with Gasteiger partial charge < -0.3 is 9.74 Å². The zero-order chi connectivity index (χ0) is 18.7. The van der Waals surface area contributed by atoms with Crippen molar-refractivity contribution in [1.29, 1.82) is 0 Å². The van der Waals surface area contributed by atoms with Crippen molar-refractivity contribution in [3.8, 4) is 0 Å². The van der Waals surface area contributed by atoms with Gasteiger partial charge >= 0.3 is 0 Å². The second-order valence-electron chi connectivity index (χ2n) is 8.06. The second kappa shape index (κ2) is 8.06. The van der Waals surface area contributed by atoms with Crippen LogP contribution in [0, 0.1) is 5.92 Å². The zero-order valence-electron chi connectivity index (χ0n) is 15.8. The van der Waals surface area contributed by atoms with Crippen molar-refractivity contribution in [2.24, 2.45) is 5.92 Å². The van der Waals surface area contributed by atoms with Gasteiger partial charge in [0.25, 0.3) is 0 Å². The van der Waals surface area contributed by atoms with Crippen molar-refractivity contribution < 1.29 is 14.0 Å². The van der Waals surface area contributed by atoms with E-state index in [4.69, 9.17) is 4.43 Å². The van der Waals surface area contributed by atoms with Crippen molar-refractivity contribution >= 4 is 31.1 Å². The summed E-state index contributed by atoms with van der Waals surface area (Å²) in [6.07, 6.45) is 1.61. The van der Waals surface area contributed by atoms with Gasteiger partial charge in [-0.25, -0.2) is 0 Å². The lowest BCUT2D eigenvalue weighted by Crippen LogP contribution is -2.56. The Kier molecular flexibility index (Phi) is 6.51. The molecule has 0 unspecified atom stereocenters. The van der Waals surface area contributed by atoms with Gasteiger partial charge in [0.15, 0.2) is 8.32 Å². The number of amides is 1. The van der Waals surface area contributed by atoms with Gasteiger partial charge in [0, 0.05) is 12.2 Å². The highest BCUT2D eigenvalue weighted by Crippen LogP contribution is 2.37. The number of carbonyl (C=O) groups excluding carboxylic acids is 2. The first kappa shape index (κ1) is 20.2. The van der Waals surface area contributed by atoms with Gasteiger partial charge in [0.2, 0.25) is 11.0 Å². The number of carbonyl (C=O) groups is 2. The molecule has 0 spiro atoms. The van der Waals surface area contributed by atoms with Gasteiger partial charge in [0.1, 0.15) is 0 Å². The normalized spacial score (nSPS) is 20.8. The molecule has 1 N–H and O–H groups in total. The van der Waals surface area contributed by atoms with Crippen LogP contribution >= 0.6 is 11.8 Å². The number of rotatable bonds is 7. The largest absolute Gasteiger partial charge is 0.417 e. The Labute approximate surface area is 156 Å². The van der Waals surface area contributed by atoms with Crippen LogP contribution in [0.2, 0.25) is 18.1 Å². The third-order valence-corrected chi connectivity index (χ3v) is 10.8. The third kappa shape index (κ3) is 5.18. The molecule has 1 aliphatic heterocycles. The molecule has 1 fully saturated rings. The summed E-state index contributed by atoms with van der Waals surface area (Å²) in [7, 11) is -1.73. The minimum Gasteiger partial charge on any atom is -0.417 e. The quantitative estimate of drug-likeness (QED) is 0.432. The summed E-state index contributed by atoms with van der Waals surface area (Å²) >= 11 is 1.22. The average molecular weight is 380 g/mol. The lowest BCUT2D eigenvalue weighted by molar-refractivity contribution is -0.132. The number of benzene rings is 1. The first-order valence-electron chi connectivity index (χ1n) is 8.82. The summed E-state index contributed by atoms with van der Waals surface area (Å²) < 4.78 is 6.17. The van der Waals surface area contributed by atoms with Crippen molar-refractivity contribution in [2.75, 3.05) is 6.61 Å². The van der Waals surface area contributed by atoms with Gasteiger partial charge in [-0.05, 0) is 31.0 Å². The highest BCUT2D eigenvalue weighted by atomic mass is 32.2. The third-order valence-electron chi connectivity index (χ3n) is 5.16. The average Bonchev–Trinajstić information content (AvgIpc) is 2.53. The Morgan fingerprint density at radius 2 is 1.88 bits per heavy atom. The van der Waals surface area contributed by atoms with Crippen LogP contribution in [0.4, 0.5) is 0 Å². The first-order chi connectivity index (χ1) is 11.6. The van der Waals surface area contributed by atoms with E-state index in [-0.39, 0.29) is 27.4 Å². The van der Waals surface area contributed by atoms with Gasteiger partial charge in [-0.2, -0.15) is 0 Å². The molecule has 0 radical (unpaired) electrons. The molecule has 1 amide bonds. The van der Waals surface area contributed by atoms with Crippen molar-refractivity contribution in [3.63, 3.8) is 0 Å². The highest BCUT2D eigenvalue weighted by Gasteiger charge is 2.41. The molecule has 0 aromatic heterocycles. The topological polar surface area (TPSA) is 55.4 Å². The summed E-state index contributed by atoms with van der Waals surface area (Å²) in [5.74, 6) is -0.0497. The van der Waals surface area contributed by atoms with Crippen LogP contribution in [0.15, 0.2) is 30.3 Å². The molecular weight excluding hydrogens is 350 g/mol. The molecule has 1 aromatic carbocycles. The Hall–Kier alpha value is -1.11. The molecular formula is C19H29NO3SSi. The molecule has 0 saturated carbocycles. The minimum absolute atomic E-state index is 0.00752. The summed E-state index contributed by atoms with van der Waals surface area (Å²) in [6.45, 7) is 11.8. The van der Waals surface area contributed by atoms with Crippen LogP contribution in [-0.2, 0) is 9.22 Å². The molecule has 138 valence electrons. The van der Waals surface area contributed by atoms with Crippen LogP contribution in [0.1, 0.15) is 44.0 Å². The summed E-state index contributed by atoms with van der Waals surface area (Å²) in [5, 5.41) is 2.93. The fraction of sp³-hybridized carbons (Fsp3) is 0.579. The van der Waals surface area contributed by atoms with E-state index in [1.807, 2.05) is 18.2 Å². The molecule has 1 heterocycles. The number of thioether (sulfide) groups is 1. The molecule has 6 heteroatoms. The number of β-lactam (4-membered cyclic amide) rings is 1. The second-order valence-corrected chi connectivity index (χ2v) is 14.0. The molecule has 1 saturated heterocycles. The van der Waals surface area contributed by atoms with Crippen molar-refractivity contribution in [2.45, 2.75) is 57.1 Å². The van der Waals surface area contributed by atoms with Crippen LogP contribution in [0.3, 0.4) is 0 Å². The predicted octanol–water partition coefficient (Wildman–Crippen LogP) is 4.43. The van der Waals surface area contributed by atoms with Crippen molar-refractivity contribution in [1.82, 2.24) is 5.32 Å². The van der Waals surface area contributed by atoms with E-state index in [9.17, 15) is 9.59 Å². The van der Waals surface area contributed by atoms with Crippen LogP contribution in [-0.4, -0.2) is 31.3 Å². The molecule has 2 rings (SSSR count). The van der Waals surface area contributed by atoms with Gasteiger partial charge in [-0.1, -0.05) is 62.9 Å². The Bertz CT molecular complexity index is 613. The zero-order valence-corrected chi connectivity index (χ0v) is 17.6. The molecule has 25 heavy (non-hydrogen) atoms. The maximum Gasteiger partial charge on any atom is 0.226 e. The van der Waals surface area contributed by atoms with Crippen LogP contribution in [0.5, 0.6) is 0 Å². The number of nitrogens with one attached hydrogen (secondary N) is 1. The van der Waals surface area contributed by atoms with E-state index in [2.05, 4.69) is 39.2 Å². The van der Waals surface area contributed by atoms with Gasteiger partial charge in [0.05, 0.1) is 11.3 Å². The highest BCUT2D eigenvalue weighted by molar-refractivity contribution is 8.14. The predicted molar refractivity (Wildman–Crippen MR) is 106 cm³/mol. The molecule has 1 aliphatic rings. The van der Waals surface area contributed by atoms with Crippen LogP contribution < -0.4 is 5.32 Å². The lowest BCUT2D eigenvalue weighted by atomic mass is 9.96. The van der Waals surface area contributed by atoms with E-state index in [1.165, 1.54) is 11.8 Å². The number of hydrogen-bond donors (Lipinski definition) is 1. The maximum absolute atomic E-state index is 12.3. The SMILES string of the molecule is CC(C)(C)[Si](C)(C)OCCC[C@@H]1C(=O)N[C@@H]1SC(=O)c1ccccc1. The van der Waals surface area contributed by atoms with Crippen LogP contribution in [0.25, 0.3) is 0 Å². The van der Waals surface area contributed by atoms with Crippen molar-refractivity contribution in [3.05, 3.63) is 35.9 Å².